The topological polar surface area (TPSA) is 50.4 Å². The molecule has 33 heavy (non-hydrogen) atoms. The fourth-order valence-electron chi connectivity index (χ4n) is 4.49. The van der Waals surface area contributed by atoms with Gasteiger partial charge in [0.15, 0.2) is 0 Å². The van der Waals surface area contributed by atoms with Crippen molar-refractivity contribution in [2.75, 3.05) is 11.9 Å². The van der Waals surface area contributed by atoms with E-state index < -0.39 is 0 Å². The maximum atomic E-state index is 13.9. The number of nitrogens with one attached hydrogen (secondary N) is 2. The van der Waals surface area contributed by atoms with Crippen LogP contribution in [0.1, 0.15) is 38.2 Å². The van der Waals surface area contributed by atoms with E-state index in [1.165, 1.54) is 13.0 Å². The smallest absolute Gasteiger partial charge is 0.216 e. The maximum absolute atomic E-state index is 13.9. The van der Waals surface area contributed by atoms with Crippen LogP contribution in [0.4, 0.5) is 10.1 Å². The lowest BCUT2D eigenvalue weighted by molar-refractivity contribution is -0.118. The van der Waals surface area contributed by atoms with Crippen LogP contribution in [0, 0.1) is 5.82 Å². The van der Waals surface area contributed by atoms with Crippen LogP contribution in [-0.2, 0) is 11.2 Å². The first kappa shape index (κ1) is 22.8. The lowest BCUT2D eigenvalue weighted by Crippen LogP contribution is -2.33. The molecule has 2 N–H and O–H groups in total. The zero-order valence-electron chi connectivity index (χ0n) is 19.0. The number of hydrogen-bond acceptors (Lipinski definition) is 3. The minimum atomic E-state index is -0.270. The summed E-state index contributed by atoms with van der Waals surface area (Å²) in [5.41, 5.74) is 3.94. The van der Waals surface area contributed by atoms with Gasteiger partial charge >= 0.3 is 0 Å². The largest absolute Gasteiger partial charge is 0.490 e. The van der Waals surface area contributed by atoms with Crippen molar-refractivity contribution in [1.82, 2.24) is 5.32 Å². The van der Waals surface area contributed by atoms with E-state index in [1.54, 1.807) is 12.1 Å². The Morgan fingerprint density at radius 1 is 1.03 bits per heavy atom. The quantitative estimate of drug-likeness (QED) is 0.448. The van der Waals surface area contributed by atoms with Crippen LogP contribution in [0.5, 0.6) is 5.75 Å². The fraction of sp³-hybridized carbons (Fsp3) is 0.321. The first-order valence-corrected chi connectivity index (χ1v) is 11.7. The SMILES string of the molecule is CC(=O)NCCc1ccc(O[C@H]2CCC[C@@H](Nc3ccccc3)C2)cc1-c1cccc(F)c1. The Kier molecular flexibility index (Phi) is 7.61. The molecule has 5 heteroatoms. The molecule has 0 heterocycles. The van der Waals surface area contributed by atoms with Crippen LogP contribution in [0.2, 0.25) is 0 Å². The van der Waals surface area contributed by atoms with Crippen LogP contribution in [-0.4, -0.2) is 24.6 Å². The van der Waals surface area contributed by atoms with Crippen LogP contribution in [0.15, 0.2) is 72.8 Å². The zero-order valence-corrected chi connectivity index (χ0v) is 19.0. The molecule has 1 aliphatic rings. The second kappa shape index (κ2) is 11.0. The van der Waals surface area contributed by atoms with Crippen LogP contribution in [0.3, 0.4) is 0 Å². The summed E-state index contributed by atoms with van der Waals surface area (Å²) >= 11 is 0. The highest BCUT2D eigenvalue weighted by Gasteiger charge is 2.23. The molecule has 0 saturated heterocycles. The van der Waals surface area contributed by atoms with Gasteiger partial charge in [0.25, 0.3) is 0 Å². The van der Waals surface area contributed by atoms with Crippen molar-refractivity contribution in [2.24, 2.45) is 0 Å². The number of rotatable bonds is 8. The van der Waals surface area contributed by atoms with Gasteiger partial charge in [0, 0.05) is 31.6 Å². The Labute approximate surface area is 195 Å². The summed E-state index contributed by atoms with van der Waals surface area (Å²) < 4.78 is 20.4. The van der Waals surface area contributed by atoms with Gasteiger partial charge in [0.1, 0.15) is 17.7 Å². The van der Waals surface area contributed by atoms with Crippen molar-refractivity contribution in [2.45, 2.75) is 51.2 Å². The van der Waals surface area contributed by atoms with Gasteiger partial charge < -0.3 is 15.4 Å². The average Bonchev–Trinajstić information content (AvgIpc) is 2.80. The highest BCUT2D eigenvalue weighted by molar-refractivity contribution is 5.73. The predicted octanol–water partition coefficient (Wildman–Crippen LogP) is 5.97. The summed E-state index contributed by atoms with van der Waals surface area (Å²) in [6.45, 7) is 2.04. The highest BCUT2D eigenvalue weighted by atomic mass is 19.1. The number of ether oxygens (including phenoxy) is 1. The third kappa shape index (κ3) is 6.58. The fourth-order valence-corrected chi connectivity index (χ4v) is 4.49. The number of hydrogen-bond donors (Lipinski definition) is 2. The molecule has 0 bridgehead atoms. The Morgan fingerprint density at radius 3 is 2.67 bits per heavy atom. The summed E-state index contributed by atoms with van der Waals surface area (Å²) in [6, 6.07) is 23.3. The summed E-state index contributed by atoms with van der Waals surface area (Å²) in [5.74, 6) is 0.467. The van der Waals surface area contributed by atoms with E-state index in [0.717, 1.165) is 53.8 Å². The van der Waals surface area contributed by atoms with Crippen molar-refractivity contribution in [3.63, 3.8) is 0 Å². The molecule has 3 aromatic rings. The summed E-state index contributed by atoms with van der Waals surface area (Å²) in [7, 11) is 0. The first-order chi connectivity index (χ1) is 16.1. The molecule has 172 valence electrons. The molecular formula is C28H31FN2O2. The molecule has 2 atom stereocenters. The Morgan fingerprint density at radius 2 is 1.88 bits per heavy atom. The normalized spacial score (nSPS) is 17.9. The van der Waals surface area contributed by atoms with Gasteiger partial charge in [-0.25, -0.2) is 4.39 Å². The van der Waals surface area contributed by atoms with E-state index in [9.17, 15) is 9.18 Å². The Balaban J connectivity index is 1.49. The lowest BCUT2D eigenvalue weighted by atomic mass is 9.92. The Bertz CT molecular complexity index is 1070. The second-order valence-corrected chi connectivity index (χ2v) is 8.68. The molecule has 0 unspecified atom stereocenters. The van der Waals surface area contributed by atoms with Gasteiger partial charge in [-0.15, -0.1) is 0 Å². The minimum absolute atomic E-state index is 0.0572. The van der Waals surface area contributed by atoms with E-state index in [0.29, 0.717) is 19.0 Å². The molecule has 4 nitrogen and oxygen atoms in total. The number of anilines is 1. The van der Waals surface area contributed by atoms with Gasteiger partial charge in [0.2, 0.25) is 5.91 Å². The standard InChI is InChI=1S/C28H31FN2O2/c1-20(32)30-16-15-21-13-14-27(19-28(21)22-7-5-8-23(29)17-22)33-26-12-6-11-25(18-26)31-24-9-3-2-4-10-24/h2-5,7-10,13-14,17,19,25-26,31H,6,11-12,15-16,18H2,1H3,(H,30,32)/t25-,26+/m1/s1. The first-order valence-electron chi connectivity index (χ1n) is 11.7. The second-order valence-electron chi connectivity index (χ2n) is 8.68. The number of amides is 1. The maximum Gasteiger partial charge on any atom is 0.216 e. The van der Waals surface area contributed by atoms with Gasteiger partial charge in [-0.1, -0.05) is 36.4 Å². The van der Waals surface area contributed by atoms with Crippen molar-refractivity contribution in [1.29, 1.82) is 0 Å². The van der Waals surface area contributed by atoms with E-state index in [-0.39, 0.29) is 17.8 Å². The van der Waals surface area contributed by atoms with Gasteiger partial charge in [-0.3, -0.25) is 4.79 Å². The molecule has 0 spiro atoms. The van der Waals surface area contributed by atoms with E-state index >= 15 is 0 Å². The highest BCUT2D eigenvalue weighted by Crippen LogP contribution is 2.32. The molecule has 3 aromatic carbocycles. The molecular weight excluding hydrogens is 415 g/mol. The van der Waals surface area contributed by atoms with Crippen molar-refractivity contribution >= 4 is 11.6 Å². The third-order valence-electron chi connectivity index (χ3n) is 6.06. The molecule has 1 amide bonds. The van der Waals surface area contributed by atoms with E-state index in [4.69, 9.17) is 4.74 Å². The number of carbonyl (C=O) groups excluding carboxylic acids is 1. The monoisotopic (exact) mass is 446 g/mol. The third-order valence-corrected chi connectivity index (χ3v) is 6.06. The lowest BCUT2D eigenvalue weighted by Gasteiger charge is -2.31. The molecule has 0 radical (unpaired) electrons. The number of benzene rings is 3. The number of halogens is 1. The summed E-state index contributed by atoms with van der Waals surface area (Å²) in [5, 5.41) is 6.46. The van der Waals surface area contributed by atoms with Crippen LogP contribution in [0.25, 0.3) is 11.1 Å². The van der Waals surface area contributed by atoms with E-state index in [1.807, 2.05) is 42.5 Å². The number of para-hydroxylation sites is 1. The van der Waals surface area contributed by atoms with Crippen molar-refractivity contribution in [3.05, 3.63) is 84.2 Å². The molecule has 1 aliphatic carbocycles. The Hall–Kier alpha value is -3.34. The molecule has 1 saturated carbocycles. The van der Waals surface area contributed by atoms with Gasteiger partial charge in [0.05, 0.1) is 0 Å². The zero-order chi connectivity index (χ0) is 23.0. The minimum Gasteiger partial charge on any atom is -0.490 e. The predicted molar refractivity (Wildman–Crippen MR) is 131 cm³/mol. The van der Waals surface area contributed by atoms with Gasteiger partial charge in [-0.2, -0.15) is 0 Å². The molecule has 0 aromatic heterocycles. The number of carbonyl (C=O) groups is 1. The van der Waals surface area contributed by atoms with E-state index in [2.05, 4.69) is 22.8 Å². The molecule has 0 aliphatic heterocycles. The van der Waals surface area contributed by atoms with Crippen molar-refractivity contribution < 1.29 is 13.9 Å². The average molecular weight is 447 g/mol. The molecule has 4 rings (SSSR count). The van der Waals surface area contributed by atoms with Gasteiger partial charge in [-0.05, 0) is 78.8 Å². The molecule has 1 fully saturated rings. The summed E-state index contributed by atoms with van der Waals surface area (Å²) in [6.07, 6.45) is 5.00. The summed E-state index contributed by atoms with van der Waals surface area (Å²) in [4.78, 5) is 11.3. The van der Waals surface area contributed by atoms with Crippen LogP contribution < -0.4 is 15.4 Å². The van der Waals surface area contributed by atoms with Crippen LogP contribution >= 0.6 is 0 Å². The van der Waals surface area contributed by atoms with Crippen molar-refractivity contribution in [3.8, 4) is 16.9 Å².